The van der Waals surface area contributed by atoms with Gasteiger partial charge in [-0.2, -0.15) is 0 Å². The fraction of sp³-hybridized carbons (Fsp3) is 0.800. The number of carbonyl (C=O) groups is 3. The monoisotopic (exact) mass is 314 g/mol. The number of rotatable bonds is 10. The van der Waals surface area contributed by atoms with Crippen molar-refractivity contribution in [3.63, 3.8) is 0 Å². The van der Waals surface area contributed by atoms with E-state index >= 15 is 0 Å². The summed E-state index contributed by atoms with van der Waals surface area (Å²) in [6.45, 7) is 7.88. The molecule has 0 saturated heterocycles. The molecule has 0 aliphatic carbocycles. The summed E-state index contributed by atoms with van der Waals surface area (Å²) >= 11 is 0. The maximum absolute atomic E-state index is 12.3. The third kappa shape index (κ3) is 7.40. The van der Waals surface area contributed by atoms with Crippen LogP contribution < -0.4 is 21.7 Å². The van der Waals surface area contributed by atoms with Crippen molar-refractivity contribution in [3.8, 4) is 0 Å². The highest BCUT2D eigenvalue weighted by Crippen LogP contribution is 2.08. The minimum Gasteiger partial charge on any atom is -0.352 e. The lowest BCUT2D eigenvalue weighted by Gasteiger charge is -2.25. The van der Waals surface area contributed by atoms with Gasteiger partial charge in [0, 0.05) is 12.5 Å². The van der Waals surface area contributed by atoms with Gasteiger partial charge in [0.15, 0.2) is 5.78 Å². The third-order valence-corrected chi connectivity index (χ3v) is 3.46. The molecule has 0 heterocycles. The second kappa shape index (κ2) is 10.2. The van der Waals surface area contributed by atoms with Gasteiger partial charge in [0.1, 0.15) is 0 Å². The van der Waals surface area contributed by atoms with Crippen molar-refractivity contribution < 1.29 is 14.4 Å². The molecule has 0 bridgehead atoms. The van der Waals surface area contributed by atoms with Gasteiger partial charge in [-0.05, 0) is 25.8 Å². The molecule has 0 aromatic rings. The molecule has 0 unspecified atom stereocenters. The van der Waals surface area contributed by atoms with E-state index < -0.39 is 12.1 Å². The maximum atomic E-state index is 12.3. The Labute approximate surface area is 132 Å². The zero-order valence-corrected chi connectivity index (χ0v) is 14.2. The van der Waals surface area contributed by atoms with E-state index in [1.54, 1.807) is 20.9 Å². The van der Waals surface area contributed by atoms with Gasteiger partial charge in [0.05, 0.1) is 12.1 Å². The highest BCUT2D eigenvalue weighted by molar-refractivity contribution is 5.91. The Morgan fingerprint density at radius 3 is 2.09 bits per heavy atom. The molecule has 0 spiro atoms. The van der Waals surface area contributed by atoms with Crippen LogP contribution in [0.5, 0.6) is 0 Å². The number of nitrogens with one attached hydrogen (secondary N) is 3. The molecular formula is C15H30N4O3. The molecule has 2 atom stereocenters. The first-order chi connectivity index (χ1) is 10.2. The summed E-state index contributed by atoms with van der Waals surface area (Å²) in [7, 11) is 1.72. The standard InChI is InChI=1S/C15H30N4O3/c1-9(2)12(17-5)14(21)19-11(13(20)10(3)4)7-6-8-18-15(16)22/h9-12,17H,6-8H2,1-5H3,(H,19,21)(H3,16,18,22)/t11-,12-/m0/s1. The van der Waals surface area contributed by atoms with Crippen LogP contribution in [0.2, 0.25) is 0 Å². The van der Waals surface area contributed by atoms with Crippen molar-refractivity contribution in [2.75, 3.05) is 13.6 Å². The summed E-state index contributed by atoms with van der Waals surface area (Å²) in [5.74, 6) is -0.233. The molecule has 0 aromatic heterocycles. The Kier molecular flexibility index (Phi) is 9.40. The number of amides is 3. The van der Waals surface area contributed by atoms with Gasteiger partial charge in [0.2, 0.25) is 5.91 Å². The molecule has 5 N–H and O–H groups in total. The smallest absolute Gasteiger partial charge is 0.312 e. The molecule has 0 saturated carbocycles. The fourth-order valence-electron chi connectivity index (χ4n) is 2.23. The zero-order valence-electron chi connectivity index (χ0n) is 14.2. The van der Waals surface area contributed by atoms with Gasteiger partial charge in [-0.1, -0.05) is 27.7 Å². The first-order valence-electron chi connectivity index (χ1n) is 7.75. The Hall–Kier alpha value is -1.63. The van der Waals surface area contributed by atoms with Gasteiger partial charge >= 0.3 is 6.03 Å². The summed E-state index contributed by atoms with van der Waals surface area (Å²) in [5, 5.41) is 8.26. The Bertz CT molecular complexity index is 383. The van der Waals surface area contributed by atoms with Crippen molar-refractivity contribution in [1.29, 1.82) is 0 Å². The Balaban J connectivity index is 4.69. The van der Waals surface area contributed by atoms with Crippen LogP contribution in [-0.4, -0.2) is 43.4 Å². The van der Waals surface area contributed by atoms with Crippen LogP contribution >= 0.6 is 0 Å². The highest BCUT2D eigenvalue weighted by Gasteiger charge is 2.27. The van der Waals surface area contributed by atoms with Crippen LogP contribution in [0.1, 0.15) is 40.5 Å². The lowest BCUT2D eigenvalue weighted by molar-refractivity contribution is -0.131. The van der Waals surface area contributed by atoms with E-state index in [1.165, 1.54) is 0 Å². The maximum Gasteiger partial charge on any atom is 0.312 e. The van der Waals surface area contributed by atoms with Gasteiger partial charge < -0.3 is 21.7 Å². The second-order valence-corrected chi connectivity index (χ2v) is 6.06. The average Bonchev–Trinajstić information content (AvgIpc) is 2.41. The molecule has 128 valence electrons. The van der Waals surface area contributed by atoms with Gasteiger partial charge in [-0.25, -0.2) is 4.79 Å². The van der Waals surface area contributed by atoms with Crippen LogP contribution in [0, 0.1) is 11.8 Å². The SMILES string of the molecule is CN[C@H](C(=O)N[C@@H](CCCNC(N)=O)C(=O)C(C)C)C(C)C. The fourth-order valence-corrected chi connectivity index (χ4v) is 2.23. The van der Waals surface area contributed by atoms with Crippen molar-refractivity contribution in [3.05, 3.63) is 0 Å². The predicted molar refractivity (Wildman–Crippen MR) is 86.3 cm³/mol. The number of primary amides is 1. The summed E-state index contributed by atoms with van der Waals surface area (Å²) in [6.07, 6.45) is 1.04. The summed E-state index contributed by atoms with van der Waals surface area (Å²) in [6, 6.07) is -1.48. The number of likely N-dealkylation sites (N-methyl/N-ethyl adjacent to an activating group) is 1. The first-order valence-corrected chi connectivity index (χ1v) is 7.75. The van der Waals surface area contributed by atoms with Crippen molar-refractivity contribution in [2.24, 2.45) is 17.6 Å². The Morgan fingerprint density at radius 1 is 1.09 bits per heavy atom. The van der Waals surface area contributed by atoms with E-state index in [0.29, 0.717) is 19.4 Å². The number of urea groups is 1. The lowest BCUT2D eigenvalue weighted by atomic mass is 9.96. The summed E-state index contributed by atoms with van der Waals surface area (Å²) in [5.41, 5.74) is 4.99. The van der Waals surface area contributed by atoms with Crippen LogP contribution in [0.4, 0.5) is 4.79 Å². The van der Waals surface area contributed by atoms with E-state index in [4.69, 9.17) is 5.73 Å². The van der Waals surface area contributed by atoms with E-state index in [9.17, 15) is 14.4 Å². The first kappa shape index (κ1) is 20.4. The molecule has 7 nitrogen and oxygen atoms in total. The van der Waals surface area contributed by atoms with Crippen molar-refractivity contribution in [2.45, 2.75) is 52.6 Å². The molecular weight excluding hydrogens is 284 g/mol. The van der Waals surface area contributed by atoms with Gasteiger partial charge in [0.25, 0.3) is 0 Å². The number of ketones is 1. The van der Waals surface area contributed by atoms with E-state index in [0.717, 1.165) is 0 Å². The molecule has 22 heavy (non-hydrogen) atoms. The average molecular weight is 314 g/mol. The quantitative estimate of drug-likeness (QED) is 0.437. The minimum absolute atomic E-state index is 0.00830. The van der Waals surface area contributed by atoms with E-state index in [2.05, 4.69) is 16.0 Å². The molecule has 7 heteroatoms. The third-order valence-electron chi connectivity index (χ3n) is 3.46. The molecule has 0 aromatic carbocycles. The van der Waals surface area contributed by atoms with Crippen LogP contribution in [0.15, 0.2) is 0 Å². The number of hydrogen-bond acceptors (Lipinski definition) is 4. The van der Waals surface area contributed by atoms with Gasteiger partial charge in [-0.3, -0.25) is 9.59 Å². The molecule has 0 fully saturated rings. The van der Waals surface area contributed by atoms with E-state index in [1.807, 2.05) is 13.8 Å². The summed E-state index contributed by atoms with van der Waals surface area (Å²) < 4.78 is 0. The topological polar surface area (TPSA) is 113 Å². The minimum atomic E-state index is -0.592. The van der Waals surface area contributed by atoms with Crippen LogP contribution in [-0.2, 0) is 9.59 Å². The molecule has 3 amide bonds. The molecule has 0 rings (SSSR count). The number of carbonyl (C=O) groups excluding carboxylic acids is 3. The summed E-state index contributed by atoms with van der Waals surface area (Å²) in [4.78, 5) is 35.2. The zero-order chi connectivity index (χ0) is 17.3. The molecule has 0 aliphatic rings. The molecule has 0 aliphatic heterocycles. The van der Waals surface area contributed by atoms with Crippen LogP contribution in [0.25, 0.3) is 0 Å². The van der Waals surface area contributed by atoms with Crippen molar-refractivity contribution in [1.82, 2.24) is 16.0 Å². The van der Waals surface area contributed by atoms with Crippen molar-refractivity contribution >= 4 is 17.7 Å². The number of Topliss-reactive ketones (excluding diaryl/α,β-unsaturated/α-hetero) is 1. The van der Waals surface area contributed by atoms with Crippen LogP contribution in [0.3, 0.4) is 0 Å². The Morgan fingerprint density at radius 2 is 1.68 bits per heavy atom. The second-order valence-electron chi connectivity index (χ2n) is 6.06. The largest absolute Gasteiger partial charge is 0.352 e. The molecule has 0 radical (unpaired) electrons. The number of nitrogens with two attached hydrogens (primary N) is 1. The highest BCUT2D eigenvalue weighted by atomic mass is 16.2. The van der Waals surface area contributed by atoms with E-state index in [-0.39, 0.29) is 29.6 Å². The normalized spacial score (nSPS) is 13.8. The predicted octanol–water partition coefficient (Wildman–Crippen LogP) is 0.389. The van der Waals surface area contributed by atoms with Gasteiger partial charge in [-0.15, -0.1) is 0 Å². The number of hydrogen-bond donors (Lipinski definition) is 4. The lowest BCUT2D eigenvalue weighted by Crippen LogP contribution is -2.52.